The normalized spacial score (nSPS) is 10.4. The van der Waals surface area contributed by atoms with E-state index in [1.807, 2.05) is 18.2 Å². The first-order chi connectivity index (χ1) is 9.55. The van der Waals surface area contributed by atoms with Gasteiger partial charge >= 0.3 is 0 Å². The van der Waals surface area contributed by atoms with Crippen LogP contribution < -0.4 is 15.2 Å². The number of nitrogens with zero attached hydrogens (tertiary/aromatic N) is 2. The first kappa shape index (κ1) is 14.7. The molecule has 0 radical (unpaired) electrons. The molecule has 0 bridgehead atoms. The Morgan fingerprint density at radius 3 is 2.40 bits per heavy atom. The second-order valence-corrected chi connectivity index (χ2v) is 4.71. The number of nitrogen functional groups attached to an aromatic ring is 1. The Morgan fingerprint density at radius 1 is 1.10 bits per heavy atom. The highest BCUT2D eigenvalue weighted by Crippen LogP contribution is 2.30. The Balaban J connectivity index is 2.35. The number of rotatable bonds is 4. The summed E-state index contributed by atoms with van der Waals surface area (Å²) in [4.78, 5) is 7.79. The summed E-state index contributed by atoms with van der Waals surface area (Å²) in [6.45, 7) is 0. The number of nitrogens with two attached hydrogens (primary N) is 1. The minimum absolute atomic E-state index is 0.0311. The van der Waals surface area contributed by atoms with Crippen molar-refractivity contribution in [3.05, 3.63) is 39.8 Å². The lowest BCUT2D eigenvalue weighted by Crippen LogP contribution is -2.03. The topological polar surface area (TPSA) is 70.3 Å². The van der Waals surface area contributed by atoms with Gasteiger partial charge in [-0.1, -0.05) is 17.7 Å². The Labute approximate surface area is 126 Å². The Morgan fingerprint density at radius 2 is 1.80 bits per heavy atom. The van der Waals surface area contributed by atoms with Crippen molar-refractivity contribution in [1.82, 2.24) is 9.97 Å². The van der Waals surface area contributed by atoms with E-state index >= 15 is 0 Å². The first-order valence-electron chi connectivity index (χ1n) is 5.73. The van der Waals surface area contributed by atoms with Gasteiger partial charge in [-0.3, -0.25) is 0 Å². The van der Waals surface area contributed by atoms with Crippen LogP contribution in [0.2, 0.25) is 10.4 Å². The summed E-state index contributed by atoms with van der Waals surface area (Å²) in [7, 11) is 3.16. The van der Waals surface area contributed by atoms with Crippen LogP contribution in [-0.2, 0) is 6.42 Å². The van der Waals surface area contributed by atoms with Gasteiger partial charge in [-0.2, -0.15) is 0 Å². The van der Waals surface area contributed by atoms with Crippen LogP contribution in [-0.4, -0.2) is 24.2 Å². The maximum atomic E-state index is 6.05. The summed E-state index contributed by atoms with van der Waals surface area (Å²) in [6.07, 6.45) is 0.474. The predicted molar refractivity (Wildman–Crippen MR) is 78.8 cm³/mol. The number of hydrogen-bond donors (Lipinski definition) is 1. The number of methoxy groups -OCH3 is 2. The highest BCUT2D eigenvalue weighted by molar-refractivity contribution is 6.32. The molecule has 1 aromatic carbocycles. The molecule has 7 heteroatoms. The smallest absolute Gasteiger partial charge is 0.225 e. The molecule has 0 saturated heterocycles. The monoisotopic (exact) mass is 313 g/mol. The van der Waals surface area contributed by atoms with Crippen LogP contribution in [0.15, 0.2) is 18.2 Å². The van der Waals surface area contributed by atoms with Gasteiger partial charge in [-0.15, -0.1) is 0 Å². The number of aromatic nitrogens is 2. The maximum Gasteiger partial charge on any atom is 0.225 e. The van der Waals surface area contributed by atoms with Crippen molar-refractivity contribution in [2.45, 2.75) is 6.42 Å². The van der Waals surface area contributed by atoms with Crippen LogP contribution in [0.5, 0.6) is 11.5 Å². The van der Waals surface area contributed by atoms with Gasteiger partial charge in [0.2, 0.25) is 5.28 Å². The van der Waals surface area contributed by atoms with Crippen LogP contribution in [0.25, 0.3) is 0 Å². The molecule has 2 aromatic rings. The van der Waals surface area contributed by atoms with Crippen molar-refractivity contribution in [2.24, 2.45) is 0 Å². The first-order valence-corrected chi connectivity index (χ1v) is 6.49. The third-order valence-corrected chi connectivity index (χ3v) is 3.27. The molecule has 0 amide bonds. The Hall–Kier alpha value is -1.72. The lowest BCUT2D eigenvalue weighted by Gasteiger charge is -2.11. The zero-order valence-corrected chi connectivity index (χ0v) is 12.5. The van der Waals surface area contributed by atoms with Crippen molar-refractivity contribution in [2.75, 3.05) is 20.0 Å². The molecule has 0 fully saturated rings. The molecule has 0 unspecified atom stereocenters. The molecule has 0 aliphatic rings. The summed E-state index contributed by atoms with van der Waals surface area (Å²) in [5, 5.41) is 0.279. The molecule has 0 spiro atoms. The summed E-state index contributed by atoms with van der Waals surface area (Å²) < 4.78 is 10.4. The third-order valence-electron chi connectivity index (χ3n) is 2.79. The fraction of sp³-hybridized carbons (Fsp3) is 0.231. The minimum atomic E-state index is 0.0311. The van der Waals surface area contributed by atoms with E-state index in [2.05, 4.69) is 9.97 Å². The van der Waals surface area contributed by atoms with E-state index in [1.165, 1.54) is 0 Å². The molecular formula is C13H13Cl2N3O2. The quantitative estimate of drug-likeness (QED) is 0.694. The number of benzene rings is 1. The van der Waals surface area contributed by atoms with Crippen LogP contribution in [0.1, 0.15) is 11.1 Å². The van der Waals surface area contributed by atoms with Gasteiger partial charge in [0, 0.05) is 12.0 Å². The van der Waals surface area contributed by atoms with Crippen molar-refractivity contribution in [3.63, 3.8) is 0 Å². The number of halogens is 2. The molecule has 0 aliphatic carbocycles. The molecule has 20 heavy (non-hydrogen) atoms. The predicted octanol–water partition coefficient (Wildman–Crippen LogP) is 2.97. The molecule has 5 nitrogen and oxygen atoms in total. The molecule has 0 saturated carbocycles. The van der Waals surface area contributed by atoms with Gasteiger partial charge in [-0.05, 0) is 29.3 Å². The van der Waals surface area contributed by atoms with E-state index in [9.17, 15) is 0 Å². The van der Waals surface area contributed by atoms with Gasteiger partial charge in [0.05, 0.1) is 14.2 Å². The maximum absolute atomic E-state index is 6.05. The van der Waals surface area contributed by atoms with Gasteiger partial charge in [0.25, 0.3) is 0 Å². The zero-order valence-electron chi connectivity index (χ0n) is 11.0. The van der Waals surface area contributed by atoms with Crippen LogP contribution in [0.4, 0.5) is 5.82 Å². The second kappa shape index (κ2) is 6.15. The highest BCUT2D eigenvalue weighted by atomic mass is 35.5. The summed E-state index contributed by atoms with van der Waals surface area (Å²) >= 11 is 11.7. The molecule has 2 N–H and O–H groups in total. The molecule has 1 heterocycles. The molecule has 1 aromatic heterocycles. The molecular weight excluding hydrogens is 301 g/mol. The fourth-order valence-corrected chi connectivity index (χ4v) is 2.27. The SMILES string of the molecule is COc1ccc(Cc2c(N)nc(Cl)nc2Cl)cc1OC. The van der Waals surface area contributed by atoms with Crippen molar-refractivity contribution in [1.29, 1.82) is 0 Å². The highest BCUT2D eigenvalue weighted by Gasteiger charge is 2.12. The minimum Gasteiger partial charge on any atom is -0.493 e. The van der Waals surface area contributed by atoms with E-state index in [0.29, 0.717) is 23.5 Å². The number of hydrogen-bond acceptors (Lipinski definition) is 5. The second-order valence-electron chi connectivity index (χ2n) is 4.01. The van der Waals surface area contributed by atoms with Gasteiger partial charge in [0.1, 0.15) is 11.0 Å². The largest absolute Gasteiger partial charge is 0.493 e. The van der Waals surface area contributed by atoms with Gasteiger partial charge in [0.15, 0.2) is 11.5 Å². The molecule has 106 valence electrons. The van der Waals surface area contributed by atoms with Crippen molar-refractivity contribution < 1.29 is 9.47 Å². The van der Waals surface area contributed by atoms with Crippen LogP contribution in [0.3, 0.4) is 0 Å². The van der Waals surface area contributed by atoms with Gasteiger partial charge in [-0.25, -0.2) is 9.97 Å². The summed E-state index contributed by atoms with van der Waals surface area (Å²) in [5.74, 6) is 1.56. The van der Waals surface area contributed by atoms with E-state index in [0.717, 1.165) is 5.56 Å². The average molecular weight is 314 g/mol. The van der Waals surface area contributed by atoms with Crippen molar-refractivity contribution >= 4 is 29.0 Å². The molecule has 0 atom stereocenters. The number of anilines is 1. The van der Waals surface area contributed by atoms with Crippen LogP contribution in [0, 0.1) is 0 Å². The standard InChI is InChI=1S/C13H13Cl2N3O2/c1-19-9-4-3-7(6-10(9)20-2)5-8-11(14)17-13(15)18-12(8)16/h3-4,6H,5H2,1-2H3,(H2,16,17,18). The lowest BCUT2D eigenvalue weighted by atomic mass is 10.1. The Bertz CT molecular complexity index is 612. The summed E-state index contributed by atoms with van der Waals surface area (Å²) in [5.41, 5.74) is 7.40. The Kier molecular flexibility index (Phi) is 4.52. The van der Waals surface area contributed by atoms with Crippen LogP contribution >= 0.6 is 23.2 Å². The van der Waals surface area contributed by atoms with Crippen molar-refractivity contribution in [3.8, 4) is 11.5 Å². The zero-order chi connectivity index (χ0) is 14.7. The molecule has 0 aliphatic heterocycles. The van der Waals surface area contributed by atoms with E-state index in [1.54, 1.807) is 14.2 Å². The lowest BCUT2D eigenvalue weighted by molar-refractivity contribution is 0.354. The third kappa shape index (κ3) is 3.05. The fourth-order valence-electron chi connectivity index (χ4n) is 1.80. The molecule has 2 rings (SSSR count). The van der Waals surface area contributed by atoms with Gasteiger partial charge < -0.3 is 15.2 Å². The summed E-state index contributed by atoms with van der Waals surface area (Å²) in [6, 6.07) is 5.56. The number of ether oxygens (including phenoxy) is 2. The van der Waals surface area contributed by atoms with E-state index in [4.69, 9.17) is 38.4 Å². The van der Waals surface area contributed by atoms with E-state index < -0.39 is 0 Å². The van der Waals surface area contributed by atoms with E-state index in [-0.39, 0.29) is 16.3 Å². The average Bonchev–Trinajstić information content (AvgIpc) is 2.42.